The Morgan fingerprint density at radius 1 is 1.27 bits per heavy atom. The summed E-state index contributed by atoms with van der Waals surface area (Å²) in [4.78, 5) is 0. The van der Waals surface area contributed by atoms with Crippen LogP contribution in [0.3, 0.4) is 0 Å². The van der Waals surface area contributed by atoms with Crippen LogP contribution in [0.25, 0.3) is 11.6 Å². The molecule has 0 fully saturated rings. The van der Waals surface area contributed by atoms with Gasteiger partial charge in [0.1, 0.15) is 0 Å². The maximum absolute atomic E-state index is 3.75. The van der Waals surface area contributed by atoms with E-state index in [-0.39, 0.29) is 0 Å². The molecule has 1 aromatic carbocycles. The highest BCUT2D eigenvalue weighted by atomic mass is 14.0. The van der Waals surface area contributed by atoms with E-state index in [1.807, 2.05) is 13.0 Å². The highest BCUT2D eigenvalue weighted by molar-refractivity contribution is 5.74. The van der Waals surface area contributed by atoms with Gasteiger partial charge in [0.15, 0.2) is 0 Å². The predicted molar refractivity (Wildman–Crippen MR) is 69.6 cm³/mol. The van der Waals surface area contributed by atoms with E-state index in [0.717, 1.165) is 12.0 Å². The van der Waals surface area contributed by atoms with Crippen LogP contribution in [0.2, 0.25) is 0 Å². The van der Waals surface area contributed by atoms with E-state index in [4.69, 9.17) is 0 Å². The summed E-state index contributed by atoms with van der Waals surface area (Å²) >= 11 is 0. The zero-order valence-electron chi connectivity index (χ0n) is 9.53. The van der Waals surface area contributed by atoms with Crippen LogP contribution in [0.4, 0.5) is 0 Å². The molecule has 0 aliphatic carbocycles. The Morgan fingerprint density at radius 3 is 2.40 bits per heavy atom. The summed E-state index contributed by atoms with van der Waals surface area (Å²) in [6.07, 6.45) is 9.38. The van der Waals surface area contributed by atoms with E-state index < -0.39 is 0 Å². The summed E-state index contributed by atoms with van der Waals surface area (Å²) < 4.78 is 0. The van der Waals surface area contributed by atoms with Gasteiger partial charge < -0.3 is 0 Å². The highest BCUT2D eigenvalue weighted by Gasteiger charge is 1.96. The Kier molecular flexibility index (Phi) is 4.62. The molecule has 0 saturated carbocycles. The van der Waals surface area contributed by atoms with Crippen LogP contribution in [0.5, 0.6) is 0 Å². The van der Waals surface area contributed by atoms with Crippen molar-refractivity contribution in [3.05, 3.63) is 60.2 Å². The fraction of sp³-hybridized carbons (Fsp3) is 0.200. The molecule has 0 heteroatoms. The number of benzene rings is 1. The van der Waals surface area contributed by atoms with Crippen molar-refractivity contribution in [2.24, 2.45) is 0 Å². The van der Waals surface area contributed by atoms with Crippen molar-refractivity contribution in [1.82, 2.24) is 0 Å². The van der Waals surface area contributed by atoms with Crippen molar-refractivity contribution in [2.75, 3.05) is 0 Å². The highest BCUT2D eigenvalue weighted by Crippen LogP contribution is 2.17. The van der Waals surface area contributed by atoms with Crippen molar-refractivity contribution >= 4 is 11.6 Å². The molecule has 0 aliphatic heterocycles. The Hall–Kier alpha value is -1.56. The SMILES string of the molecule is C=Cc1ccc(C(/C=C\C)=C/CC)cc1. The Balaban J connectivity index is 3.01. The number of hydrogen-bond donors (Lipinski definition) is 0. The Morgan fingerprint density at radius 2 is 1.93 bits per heavy atom. The standard InChI is InChI=1S/C15H18/c1-4-7-14(8-5-2)15-11-9-13(6-3)10-12-15/h4,6-12H,3,5H2,1-2H3/b7-4-,14-8+. The van der Waals surface area contributed by atoms with E-state index >= 15 is 0 Å². The summed E-state index contributed by atoms with van der Waals surface area (Å²) in [5.74, 6) is 0. The quantitative estimate of drug-likeness (QED) is 0.615. The van der Waals surface area contributed by atoms with Gasteiger partial charge >= 0.3 is 0 Å². The molecule has 1 aromatic rings. The van der Waals surface area contributed by atoms with Crippen LogP contribution in [-0.4, -0.2) is 0 Å². The average Bonchev–Trinajstić information content (AvgIpc) is 2.29. The molecule has 0 aliphatic rings. The molecule has 0 unspecified atom stereocenters. The zero-order chi connectivity index (χ0) is 11.1. The van der Waals surface area contributed by atoms with E-state index in [1.165, 1.54) is 11.1 Å². The van der Waals surface area contributed by atoms with E-state index in [9.17, 15) is 0 Å². The second kappa shape index (κ2) is 6.02. The first-order valence-corrected chi connectivity index (χ1v) is 5.37. The molecular weight excluding hydrogens is 180 g/mol. The fourth-order valence-corrected chi connectivity index (χ4v) is 1.49. The first kappa shape index (κ1) is 11.5. The molecule has 0 atom stereocenters. The normalized spacial score (nSPS) is 12.0. The number of hydrogen-bond acceptors (Lipinski definition) is 0. The maximum Gasteiger partial charge on any atom is -0.0187 e. The molecule has 0 nitrogen and oxygen atoms in total. The molecule has 1 rings (SSSR count). The summed E-state index contributed by atoms with van der Waals surface area (Å²) in [7, 11) is 0. The summed E-state index contributed by atoms with van der Waals surface area (Å²) in [5.41, 5.74) is 3.71. The molecule has 78 valence electrons. The second-order valence-corrected chi connectivity index (χ2v) is 3.39. The second-order valence-electron chi connectivity index (χ2n) is 3.39. The van der Waals surface area contributed by atoms with E-state index in [2.05, 4.69) is 56.0 Å². The molecule has 15 heavy (non-hydrogen) atoms. The number of rotatable bonds is 4. The largest absolute Gasteiger partial charge is 0.0985 e. The van der Waals surface area contributed by atoms with Gasteiger partial charge in [0.2, 0.25) is 0 Å². The third kappa shape index (κ3) is 3.25. The lowest BCUT2D eigenvalue weighted by molar-refractivity contribution is 1.23. The first-order chi connectivity index (χ1) is 7.31. The van der Waals surface area contributed by atoms with E-state index in [1.54, 1.807) is 0 Å². The molecule has 0 heterocycles. The first-order valence-electron chi connectivity index (χ1n) is 5.37. The average molecular weight is 198 g/mol. The van der Waals surface area contributed by atoms with Gasteiger partial charge in [-0.1, -0.05) is 62.1 Å². The fourth-order valence-electron chi connectivity index (χ4n) is 1.49. The smallest absolute Gasteiger partial charge is 0.0187 e. The molecular formula is C15H18. The Labute approximate surface area is 92.6 Å². The van der Waals surface area contributed by atoms with Crippen LogP contribution in [0, 0.1) is 0 Å². The molecule has 0 spiro atoms. The van der Waals surface area contributed by atoms with Crippen LogP contribution in [0.15, 0.2) is 49.1 Å². The lowest BCUT2D eigenvalue weighted by Crippen LogP contribution is -1.81. The lowest BCUT2D eigenvalue weighted by atomic mass is 10.0. The van der Waals surface area contributed by atoms with Crippen LogP contribution < -0.4 is 0 Å². The van der Waals surface area contributed by atoms with Crippen molar-refractivity contribution in [2.45, 2.75) is 20.3 Å². The minimum absolute atomic E-state index is 1.06. The predicted octanol–water partition coefficient (Wildman–Crippen LogP) is 4.70. The van der Waals surface area contributed by atoms with Crippen LogP contribution in [-0.2, 0) is 0 Å². The third-order valence-electron chi connectivity index (χ3n) is 2.25. The third-order valence-corrected chi connectivity index (χ3v) is 2.25. The molecule has 0 amide bonds. The van der Waals surface area contributed by atoms with Gasteiger partial charge in [-0.3, -0.25) is 0 Å². The summed E-state index contributed by atoms with van der Waals surface area (Å²) in [6.45, 7) is 7.95. The van der Waals surface area contributed by atoms with Crippen LogP contribution in [0.1, 0.15) is 31.4 Å². The summed E-state index contributed by atoms with van der Waals surface area (Å²) in [5, 5.41) is 0. The zero-order valence-corrected chi connectivity index (χ0v) is 9.53. The minimum atomic E-state index is 1.06. The van der Waals surface area contributed by atoms with Gasteiger partial charge in [0, 0.05) is 0 Å². The van der Waals surface area contributed by atoms with Gasteiger partial charge in [-0.25, -0.2) is 0 Å². The molecule has 0 aromatic heterocycles. The minimum Gasteiger partial charge on any atom is -0.0985 e. The van der Waals surface area contributed by atoms with Gasteiger partial charge in [-0.05, 0) is 30.0 Å². The maximum atomic E-state index is 3.75. The van der Waals surface area contributed by atoms with Crippen molar-refractivity contribution in [1.29, 1.82) is 0 Å². The molecule has 0 radical (unpaired) electrons. The molecule has 0 saturated heterocycles. The lowest BCUT2D eigenvalue weighted by Gasteiger charge is -2.03. The monoisotopic (exact) mass is 198 g/mol. The van der Waals surface area contributed by atoms with Gasteiger partial charge in [-0.15, -0.1) is 0 Å². The van der Waals surface area contributed by atoms with Crippen molar-refractivity contribution in [3.63, 3.8) is 0 Å². The van der Waals surface area contributed by atoms with Gasteiger partial charge in [-0.2, -0.15) is 0 Å². The topological polar surface area (TPSA) is 0 Å². The van der Waals surface area contributed by atoms with Gasteiger partial charge in [0.25, 0.3) is 0 Å². The molecule has 0 N–H and O–H groups in total. The summed E-state index contributed by atoms with van der Waals surface area (Å²) in [6, 6.07) is 8.46. The van der Waals surface area contributed by atoms with Gasteiger partial charge in [0.05, 0.1) is 0 Å². The number of allylic oxidation sites excluding steroid dienone is 4. The van der Waals surface area contributed by atoms with E-state index in [0.29, 0.717) is 0 Å². The van der Waals surface area contributed by atoms with Crippen LogP contribution >= 0.6 is 0 Å². The van der Waals surface area contributed by atoms with Crippen molar-refractivity contribution < 1.29 is 0 Å². The van der Waals surface area contributed by atoms with Crippen molar-refractivity contribution in [3.8, 4) is 0 Å². The molecule has 0 bridgehead atoms. The Bertz CT molecular complexity index is 364.